The van der Waals surface area contributed by atoms with Gasteiger partial charge in [0.05, 0.1) is 11.1 Å². The van der Waals surface area contributed by atoms with Crippen LogP contribution in [0.1, 0.15) is 41.7 Å². The smallest absolute Gasteiger partial charge is 0.339 e. The number of carbonyl (C=O) groups is 2. The number of carbonyl (C=O) groups excluding carboxylic acids is 2. The van der Waals surface area contributed by atoms with Crippen LogP contribution in [-0.2, 0) is 9.53 Å². The van der Waals surface area contributed by atoms with Crippen LogP contribution in [0.5, 0.6) is 0 Å². The van der Waals surface area contributed by atoms with E-state index in [0.717, 1.165) is 29.4 Å². The fraction of sp³-hybridized carbons (Fsp3) is 0.316. The Labute approximate surface area is 140 Å². The number of rotatable bonds is 6. The maximum Gasteiger partial charge on any atom is 0.339 e. The second-order valence-corrected chi connectivity index (χ2v) is 5.97. The molecule has 1 fully saturated rings. The SMILES string of the molecule is C=CCNC(=O)[C@@H](C)OC(=O)c1cc(C2CC2)nc2ccccc12. The molecule has 1 aliphatic carbocycles. The van der Waals surface area contributed by atoms with Gasteiger partial charge in [-0.2, -0.15) is 0 Å². The van der Waals surface area contributed by atoms with Crippen LogP contribution in [0.15, 0.2) is 43.0 Å². The molecule has 1 atom stereocenters. The first-order valence-corrected chi connectivity index (χ1v) is 8.09. The van der Waals surface area contributed by atoms with Crippen LogP contribution in [-0.4, -0.2) is 29.5 Å². The molecule has 24 heavy (non-hydrogen) atoms. The summed E-state index contributed by atoms with van der Waals surface area (Å²) in [6, 6.07) is 9.29. The highest BCUT2D eigenvalue weighted by atomic mass is 16.5. The van der Waals surface area contributed by atoms with Gasteiger partial charge >= 0.3 is 5.97 Å². The molecular formula is C19H20N2O3. The van der Waals surface area contributed by atoms with Crippen LogP contribution < -0.4 is 5.32 Å². The molecule has 1 aromatic carbocycles. The third-order valence-electron chi connectivity index (χ3n) is 4.03. The zero-order chi connectivity index (χ0) is 17.1. The molecular weight excluding hydrogens is 304 g/mol. The molecule has 0 bridgehead atoms. The summed E-state index contributed by atoms with van der Waals surface area (Å²) < 4.78 is 5.35. The molecule has 0 unspecified atom stereocenters. The molecule has 5 nitrogen and oxygen atoms in total. The number of fused-ring (bicyclic) bond motifs is 1. The summed E-state index contributed by atoms with van der Waals surface area (Å²) >= 11 is 0. The topological polar surface area (TPSA) is 68.3 Å². The standard InChI is InChI=1S/C19H20N2O3/c1-3-10-20-18(22)12(2)24-19(23)15-11-17(13-8-9-13)21-16-7-5-4-6-14(15)16/h3-7,11-13H,1,8-10H2,2H3,(H,20,22)/t12-/m1/s1. The molecule has 1 saturated carbocycles. The van der Waals surface area contributed by atoms with Gasteiger partial charge in [-0.15, -0.1) is 6.58 Å². The Morgan fingerprint density at radius 2 is 2.17 bits per heavy atom. The summed E-state index contributed by atoms with van der Waals surface area (Å²) in [5.74, 6) is -0.421. The summed E-state index contributed by atoms with van der Waals surface area (Å²) in [5, 5.41) is 3.36. The molecule has 1 aliphatic rings. The fourth-order valence-electron chi connectivity index (χ4n) is 2.55. The number of nitrogens with one attached hydrogen (secondary N) is 1. The third-order valence-corrected chi connectivity index (χ3v) is 4.03. The first kappa shape index (κ1) is 16.2. The molecule has 0 spiro atoms. The van der Waals surface area contributed by atoms with Crippen molar-refractivity contribution in [2.24, 2.45) is 0 Å². The molecule has 1 amide bonds. The van der Waals surface area contributed by atoms with Gasteiger partial charge in [-0.25, -0.2) is 4.79 Å². The predicted octanol–water partition coefficient (Wildman–Crippen LogP) is 2.96. The van der Waals surface area contributed by atoms with E-state index in [1.807, 2.05) is 24.3 Å². The lowest BCUT2D eigenvalue weighted by Crippen LogP contribution is -2.35. The van der Waals surface area contributed by atoms with E-state index in [2.05, 4.69) is 16.9 Å². The summed E-state index contributed by atoms with van der Waals surface area (Å²) in [5.41, 5.74) is 2.16. The monoisotopic (exact) mass is 324 g/mol. The number of pyridine rings is 1. The minimum atomic E-state index is -0.867. The summed E-state index contributed by atoms with van der Waals surface area (Å²) in [7, 11) is 0. The number of hydrogen-bond acceptors (Lipinski definition) is 4. The van der Waals surface area contributed by atoms with Crippen LogP contribution in [0, 0.1) is 0 Å². The molecule has 0 radical (unpaired) electrons. The third kappa shape index (κ3) is 3.45. The normalized spacial score (nSPS) is 14.9. The highest BCUT2D eigenvalue weighted by molar-refractivity contribution is 6.04. The number of para-hydroxylation sites is 1. The Hall–Kier alpha value is -2.69. The summed E-state index contributed by atoms with van der Waals surface area (Å²) in [6.07, 6.45) is 2.90. The first-order valence-electron chi connectivity index (χ1n) is 8.09. The van der Waals surface area contributed by atoms with Gasteiger partial charge in [0.15, 0.2) is 6.10 Å². The Morgan fingerprint density at radius 3 is 2.88 bits per heavy atom. The minimum Gasteiger partial charge on any atom is -0.449 e. The number of ether oxygens (including phenoxy) is 1. The lowest BCUT2D eigenvalue weighted by Gasteiger charge is -2.14. The van der Waals surface area contributed by atoms with E-state index in [0.29, 0.717) is 18.0 Å². The van der Waals surface area contributed by atoms with Crippen molar-refractivity contribution in [3.8, 4) is 0 Å². The van der Waals surface area contributed by atoms with Crippen LogP contribution in [0.4, 0.5) is 0 Å². The Morgan fingerprint density at radius 1 is 1.42 bits per heavy atom. The highest BCUT2D eigenvalue weighted by Gasteiger charge is 2.28. The maximum absolute atomic E-state index is 12.6. The van der Waals surface area contributed by atoms with Crippen LogP contribution in [0.2, 0.25) is 0 Å². The Kier molecular flexibility index (Phi) is 4.60. The highest BCUT2D eigenvalue weighted by Crippen LogP contribution is 2.40. The van der Waals surface area contributed by atoms with Gasteiger partial charge in [0.25, 0.3) is 5.91 Å². The van der Waals surface area contributed by atoms with E-state index in [9.17, 15) is 9.59 Å². The Balaban J connectivity index is 1.86. The van der Waals surface area contributed by atoms with Gasteiger partial charge in [-0.3, -0.25) is 9.78 Å². The average molecular weight is 324 g/mol. The molecule has 2 aromatic rings. The first-order chi connectivity index (χ1) is 11.6. The molecule has 124 valence electrons. The maximum atomic E-state index is 12.6. The molecule has 5 heteroatoms. The summed E-state index contributed by atoms with van der Waals surface area (Å²) in [4.78, 5) is 29.1. The van der Waals surface area contributed by atoms with Crippen molar-refractivity contribution in [2.75, 3.05) is 6.54 Å². The second-order valence-electron chi connectivity index (χ2n) is 5.97. The van der Waals surface area contributed by atoms with E-state index >= 15 is 0 Å². The van der Waals surface area contributed by atoms with Crippen LogP contribution in [0.25, 0.3) is 10.9 Å². The van der Waals surface area contributed by atoms with Gasteiger partial charge < -0.3 is 10.1 Å². The zero-order valence-electron chi connectivity index (χ0n) is 13.6. The van der Waals surface area contributed by atoms with Crippen molar-refractivity contribution in [2.45, 2.75) is 31.8 Å². The van der Waals surface area contributed by atoms with Crippen molar-refractivity contribution >= 4 is 22.8 Å². The minimum absolute atomic E-state index is 0.338. The van der Waals surface area contributed by atoms with Gasteiger partial charge in [0, 0.05) is 23.5 Å². The van der Waals surface area contributed by atoms with Crippen LogP contribution >= 0.6 is 0 Å². The molecule has 0 saturated heterocycles. The van der Waals surface area contributed by atoms with E-state index in [1.54, 1.807) is 19.1 Å². The molecule has 1 aromatic heterocycles. The number of esters is 1. The predicted molar refractivity (Wildman–Crippen MR) is 91.8 cm³/mol. The largest absolute Gasteiger partial charge is 0.449 e. The number of amides is 1. The van der Waals surface area contributed by atoms with Crippen molar-refractivity contribution < 1.29 is 14.3 Å². The molecule has 1 heterocycles. The van der Waals surface area contributed by atoms with E-state index in [1.165, 1.54) is 0 Å². The quantitative estimate of drug-likeness (QED) is 0.655. The Bertz CT molecular complexity index is 796. The lowest BCUT2D eigenvalue weighted by atomic mass is 10.1. The van der Waals surface area contributed by atoms with Crippen LogP contribution in [0.3, 0.4) is 0 Å². The fourth-order valence-corrected chi connectivity index (χ4v) is 2.55. The number of benzene rings is 1. The van der Waals surface area contributed by atoms with E-state index in [4.69, 9.17) is 4.74 Å². The molecule has 3 rings (SSSR count). The van der Waals surface area contributed by atoms with Crippen molar-refractivity contribution in [1.82, 2.24) is 10.3 Å². The number of aromatic nitrogens is 1. The van der Waals surface area contributed by atoms with Gasteiger partial charge in [-0.05, 0) is 31.9 Å². The molecule has 1 N–H and O–H groups in total. The summed E-state index contributed by atoms with van der Waals surface area (Å²) in [6.45, 7) is 5.43. The average Bonchev–Trinajstić information content (AvgIpc) is 3.43. The zero-order valence-corrected chi connectivity index (χ0v) is 13.6. The molecule has 0 aliphatic heterocycles. The second kappa shape index (κ2) is 6.83. The van der Waals surface area contributed by atoms with Crippen molar-refractivity contribution in [1.29, 1.82) is 0 Å². The van der Waals surface area contributed by atoms with Gasteiger partial charge in [-0.1, -0.05) is 24.3 Å². The van der Waals surface area contributed by atoms with Gasteiger partial charge in [0.1, 0.15) is 0 Å². The number of nitrogens with zero attached hydrogens (tertiary/aromatic N) is 1. The van der Waals surface area contributed by atoms with E-state index in [-0.39, 0.29) is 5.91 Å². The van der Waals surface area contributed by atoms with Crippen molar-refractivity contribution in [3.63, 3.8) is 0 Å². The van der Waals surface area contributed by atoms with Crippen molar-refractivity contribution in [3.05, 3.63) is 54.2 Å². The van der Waals surface area contributed by atoms with Gasteiger partial charge in [0.2, 0.25) is 0 Å². The lowest BCUT2D eigenvalue weighted by molar-refractivity contribution is -0.128. The van der Waals surface area contributed by atoms with E-state index < -0.39 is 12.1 Å². The number of hydrogen-bond donors (Lipinski definition) is 1.